The monoisotopic (exact) mass is 240 g/mol. The molecule has 0 bridgehead atoms. The molecular formula is C12H12N6. The highest BCUT2D eigenvalue weighted by molar-refractivity contribution is 5.86. The number of fused-ring (bicyclic) bond motifs is 1. The number of benzene rings is 1. The van der Waals surface area contributed by atoms with Crippen molar-refractivity contribution >= 4 is 16.9 Å². The first-order valence-electron chi connectivity index (χ1n) is 5.52. The van der Waals surface area contributed by atoms with Crippen LogP contribution in [0.3, 0.4) is 0 Å². The lowest BCUT2D eigenvalue weighted by Crippen LogP contribution is -2.09. The Hall–Kier alpha value is -2.47. The number of nitrogens with zero attached hydrogens (tertiary/aromatic N) is 4. The number of nitrogens with one attached hydrogen (secondary N) is 1. The molecule has 0 amide bonds. The Kier molecular flexibility index (Phi) is 2.42. The van der Waals surface area contributed by atoms with Gasteiger partial charge in [0.05, 0.1) is 17.3 Å². The zero-order valence-electron chi connectivity index (χ0n) is 9.83. The van der Waals surface area contributed by atoms with Gasteiger partial charge < -0.3 is 5.43 Å². The van der Waals surface area contributed by atoms with Crippen molar-refractivity contribution in [1.29, 1.82) is 0 Å². The average molecular weight is 240 g/mol. The summed E-state index contributed by atoms with van der Waals surface area (Å²) in [7, 11) is 0. The van der Waals surface area contributed by atoms with Crippen molar-refractivity contribution < 1.29 is 0 Å². The second-order valence-corrected chi connectivity index (χ2v) is 4.00. The van der Waals surface area contributed by atoms with Gasteiger partial charge in [-0.3, -0.25) is 0 Å². The number of hydrogen-bond acceptors (Lipinski definition) is 5. The minimum atomic E-state index is 0.568. The van der Waals surface area contributed by atoms with Crippen LogP contribution in [0.1, 0.15) is 5.56 Å². The van der Waals surface area contributed by atoms with Crippen molar-refractivity contribution in [2.45, 2.75) is 6.92 Å². The summed E-state index contributed by atoms with van der Waals surface area (Å²) in [5, 5.41) is 5.13. The van der Waals surface area contributed by atoms with E-state index < -0.39 is 0 Å². The number of hydrogen-bond donors (Lipinski definition) is 2. The van der Waals surface area contributed by atoms with Gasteiger partial charge in [0.1, 0.15) is 6.33 Å². The van der Waals surface area contributed by atoms with Crippen molar-refractivity contribution in [2.75, 3.05) is 5.43 Å². The van der Waals surface area contributed by atoms with Crippen LogP contribution in [0.25, 0.3) is 16.7 Å². The van der Waals surface area contributed by atoms with Gasteiger partial charge in [0.15, 0.2) is 11.5 Å². The van der Waals surface area contributed by atoms with Crippen molar-refractivity contribution in [3.63, 3.8) is 0 Å². The van der Waals surface area contributed by atoms with Crippen molar-refractivity contribution in [3.05, 3.63) is 42.4 Å². The fraction of sp³-hybridized carbons (Fsp3) is 0.0833. The van der Waals surface area contributed by atoms with Crippen molar-refractivity contribution in [3.8, 4) is 5.69 Å². The molecule has 3 rings (SSSR count). The van der Waals surface area contributed by atoms with E-state index in [1.54, 1.807) is 10.9 Å². The lowest BCUT2D eigenvalue weighted by atomic mass is 10.2. The molecule has 0 fully saturated rings. The Morgan fingerprint density at radius 3 is 2.94 bits per heavy atom. The van der Waals surface area contributed by atoms with Crippen LogP contribution in [-0.4, -0.2) is 19.7 Å². The fourth-order valence-corrected chi connectivity index (χ4v) is 1.91. The summed E-state index contributed by atoms with van der Waals surface area (Å²) in [6.07, 6.45) is 3.17. The molecule has 2 heterocycles. The summed E-state index contributed by atoms with van der Waals surface area (Å²) < 4.78 is 1.77. The highest BCUT2D eigenvalue weighted by atomic mass is 15.3. The van der Waals surface area contributed by atoms with E-state index in [1.165, 1.54) is 11.9 Å². The molecule has 0 aliphatic carbocycles. The van der Waals surface area contributed by atoms with E-state index in [1.807, 2.05) is 31.2 Å². The number of rotatable bonds is 2. The minimum absolute atomic E-state index is 0.568. The summed E-state index contributed by atoms with van der Waals surface area (Å²) in [6, 6.07) is 8.06. The van der Waals surface area contributed by atoms with Gasteiger partial charge in [-0.15, -0.1) is 0 Å². The van der Waals surface area contributed by atoms with E-state index in [4.69, 9.17) is 5.84 Å². The van der Waals surface area contributed by atoms with Gasteiger partial charge in [0, 0.05) is 0 Å². The first kappa shape index (κ1) is 10.7. The second-order valence-electron chi connectivity index (χ2n) is 4.00. The van der Waals surface area contributed by atoms with Gasteiger partial charge >= 0.3 is 0 Å². The zero-order valence-corrected chi connectivity index (χ0v) is 9.83. The molecule has 6 heteroatoms. The molecule has 0 aliphatic rings. The first-order chi connectivity index (χ1) is 8.79. The summed E-state index contributed by atoms with van der Waals surface area (Å²) in [5.74, 6) is 5.98. The molecule has 90 valence electrons. The molecule has 0 unspecified atom stereocenters. The van der Waals surface area contributed by atoms with Crippen LogP contribution in [0.5, 0.6) is 0 Å². The lowest BCUT2D eigenvalue weighted by molar-refractivity contribution is 0.893. The molecule has 2 aromatic heterocycles. The zero-order chi connectivity index (χ0) is 12.5. The van der Waals surface area contributed by atoms with Gasteiger partial charge in [-0.05, 0) is 24.6 Å². The smallest absolute Gasteiger partial charge is 0.168 e. The molecular weight excluding hydrogens is 228 g/mol. The second kappa shape index (κ2) is 4.08. The molecule has 0 saturated heterocycles. The van der Waals surface area contributed by atoms with Crippen LogP contribution in [0.4, 0.5) is 5.82 Å². The predicted octanol–water partition coefficient (Wildman–Crippen LogP) is 1.41. The van der Waals surface area contributed by atoms with Gasteiger partial charge in [-0.25, -0.2) is 20.5 Å². The third-order valence-corrected chi connectivity index (χ3v) is 2.75. The van der Waals surface area contributed by atoms with E-state index in [0.29, 0.717) is 5.82 Å². The Morgan fingerprint density at radius 2 is 2.17 bits per heavy atom. The third kappa shape index (κ3) is 1.59. The molecule has 18 heavy (non-hydrogen) atoms. The maximum atomic E-state index is 5.41. The highest BCUT2D eigenvalue weighted by Crippen LogP contribution is 2.21. The number of aryl methyl sites for hydroxylation is 1. The maximum absolute atomic E-state index is 5.41. The van der Waals surface area contributed by atoms with E-state index in [-0.39, 0.29) is 0 Å². The standard InChI is InChI=1S/C12H12N6/c1-8-3-2-4-9(5-8)18-12-10(6-16-18)11(17-13)14-7-15-12/h2-7H,13H2,1H3,(H,14,15,17). The number of aromatic nitrogens is 4. The quantitative estimate of drug-likeness (QED) is 0.523. The summed E-state index contributed by atoms with van der Waals surface area (Å²) in [5.41, 5.74) is 5.40. The highest BCUT2D eigenvalue weighted by Gasteiger charge is 2.09. The third-order valence-electron chi connectivity index (χ3n) is 2.75. The summed E-state index contributed by atoms with van der Waals surface area (Å²) in [6.45, 7) is 2.04. The maximum Gasteiger partial charge on any atom is 0.168 e. The van der Waals surface area contributed by atoms with Gasteiger partial charge in [-0.1, -0.05) is 12.1 Å². The van der Waals surface area contributed by atoms with E-state index in [2.05, 4.69) is 20.5 Å². The summed E-state index contributed by atoms with van der Waals surface area (Å²) >= 11 is 0. The molecule has 0 spiro atoms. The number of hydrazine groups is 1. The van der Waals surface area contributed by atoms with Crippen LogP contribution in [0.15, 0.2) is 36.8 Å². The predicted molar refractivity (Wildman–Crippen MR) is 69.2 cm³/mol. The largest absolute Gasteiger partial charge is 0.308 e. The van der Waals surface area contributed by atoms with Crippen LogP contribution in [0, 0.1) is 6.92 Å². The molecule has 6 nitrogen and oxygen atoms in total. The molecule has 0 saturated carbocycles. The van der Waals surface area contributed by atoms with Crippen LogP contribution in [-0.2, 0) is 0 Å². The Balaban J connectivity index is 2.25. The molecule has 3 N–H and O–H groups in total. The molecule has 1 aromatic carbocycles. The Labute approximate surface area is 103 Å². The topological polar surface area (TPSA) is 81.7 Å². The van der Waals surface area contributed by atoms with Gasteiger partial charge in [-0.2, -0.15) is 5.10 Å². The number of anilines is 1. The lowest BCUT2D eigenvalue weighted by Gasteiger charge is -2.04. The molecule has 3 aromatic rings. The van der Waals surface area contributed by atoms with Gasteiger partial charge in [0.2, 0.25) is 0 Å². The van der Waals surface area contributed by atoms with Crippen LogP contribution < -0.4 is 11.3 Å². The number of nitrogen functional groups attached to an aromatic ring is 1. The van der Waals surface area contributed by atoms with Gasteiger partial charge in [0.25, 0.3) is 0 Å². The Bertz CT molecular complexity index is 703. The van der Waals surface area contributed by atoms with E-state index >= 15 is 0 Å². The SMILES string of the molecule is Cc1cccc(-n2ncc3c(NN)ncnc32)c1. The average Bonchev–Trinajstić information content (AvgIpc) is 2.82. The Morgan fingerprint density at radius 1 is 1.28 bits per heavy atom. The minimum Gasteiger partial charge on any atom is -0.308 e. The van der Waals surface area contributed by atoms with Crippen LogP contribution in [0.2, 0.25) is 0 Å². The van der Waals surface area contributed by atoms with Crippen LogP contribution >= 0.6 is 0 Å². The normalized spacial score (nSPS) is 10.8. The van der Waals surface area contributed by atoms with E-state index in [9.17, 15) is 0 Å². The van der Waals surface area contributed by atoms with Crippen molar-refractivity contribution in [1.82, 2.24) is 19.7 Å². The van der Waals surface area contributed by atoms with E-state index in [0.717, 1.165) is 16.7 Å². The van der Waals surface area contributed by atoms with Crippen molar-refractivity contribution in [2.24, 2.45) is 5.84 Å². The summed E-state index contributed by atoms with van der Waals surface area (Å²) in [4.78, 5) is 8.30. The molecule has 0 radical (unpaired) electrons. The fourth-order valence-electron chi connectivity index (χ4n) is 1.91. The molecule has 0 atom stereocenters. The number of nitrogens with two attached hydrogens (primary N) is 1. The first-order valence-corrected chi connectivity index (χ1v) is 5.52. The molecule has 0 aliphatic heterocycles.